The summed E-state index contributed by atoms with van der Waals surface area (Å²) in [5.41, 5.74) is 8.28. The summed E-state index contributed by atoms with van der Waals surface area (Å²) in [4.78, 5) is 0. The van der Waals surface area contributed by atoms with E-state index in [4.69, 9.17) is 0 Å². The van der Waals surface area contributed by atoms with E-state index < -0.39 is 0 Å². The number of rotatable bonds is 2. The summed E-state index contributed by atoms with van der Waals surface area (Å²) in [7, 11) is 0. The second kappa shape index (κ2) is 4.75. The van der Waals surface area contributed by atoms with Crippen molar-refractivity contribution < 1.29 is 0 Å². The minimum atomic E-state index is 1.09. The van der Waals surface area contributed by atoms with Gasteiger partial charge in [-0.15, -0.1) is 0 Å². The van der Waals surface area contributed by atoms with E-state index in [2.05, 4.69) is 64.1 Å². The second-order valence-corrected chi connectivity index (χ2v) is 4.83. The Hall–Kier alpha value is -1.56. The quantitative estimate of drug-likeness (QED) is 0.684. The van der Waals surface area contributed by atoms with Gasteiger partial charge < -0.3 is 0 Å². The first-order valence-electron chi connectivity index (χ1n) is 6.29. The van der Waals surface area contributed by atoms with E-state index in [1.807, 2.05) is 0 Å². The van der Waals surface area contributed by atoms with Gasteiger partial charge in [-0.3, -0.25) is 0 Å². The Morgan fingerprint density at radius 3 is 2.29 bits per heavy atom. The summed E-state index contributed by atoms with van der Waals surface area (Å²) in [6.45, 7) is 8.77. The van der Waals surface area contributed by atoms with Gasteiger partial charge in [-0.1, -0.05) is 54.4 Å². The molecule has 0 saturated carbocycles. The minimum absolute atomic E-state index is 1.09. The summed E-state index contributed by atoms with van der Waals surface area (Å²) >= 11 is 0. The summed E-state index contributed by atoms with van der Waals surface area (Å²) in [5, 5.41) is 0. The zero-order valence-electron chi connectivity index (χ0n) is 11.2. The molecule has 0 amide bonds. The Bertz CT molecular complexity index is 536. The molecule has 0 nitrogen and oxygen atoms in total. The summed E-state index contributed by atoms with van der Waals surface area (Å²) in [5.74, 6) is 0. The number of hydrogen-bond donors (Lipinski definition) is 0. The van der Waals surface area contributed by atoms with Crippen molar-refractivity contribution in [3.63, 3.8) is 0 Å². The van der Waals surface area contributed by atoms with Crippen LogP contribution in [0.25, 0.3) is 11.1 Å². The third kappa shape index (κ3) is 2.41. The fraction of sp³-hybridized carbons (Fsp3) is 0.294. The van der Waals surface area contributed by atoms with Gasteiger partial charge in [0.05, 0.1) is 0 Å². The van der Waals surface area contributed by atoms with Crippen LogP contribution in [-0.4, -0.2) is 0 Å². The molecule has 0 aliphatic carbocycles. The zero-order valence-corrected chi connectivity index (χ0v) is 11.2. The molecule has 17 heavy (non-hydrogen) atoms. The fourth-order valence-corrected chi connectivity index (χ4v) is 2.54. The van der Waals surface area contributed by atoms with Gasteiger partial charge in [0, 0.05) is 0 Å². The molecule has 2 aromatic carbocycles. The normalized spacial score (nSPS) is 10.6. The van der Waals surface area contributed by atoms with E-state index in [-0.39, 0.29) is 0 Å². The maximum Gasteiger partial charge on any atom is -0.0147 e. The van der Waals surface area contributed by atoms with Crippen LogP contribution in [0.2, 0.25) is 0 Å². The Kier molecular flexibility index (Phi) is 3.33. The molecule has 0 aliphatic heterocycles. The predicted molar refractivity (Wildman–Crippen MR) is 75.5 cm³/mol. The molecule has 0 unspecified atom stereocenters. The van der Waals surface area contributed by atoms with Crippen molar-refractivity contribution in [1.82, 2.24) is 0 Å². The topological polar surface area (TPSA) is 0 Å². The van der Waals surface area contributed by atoms with Crippen LogP contribution in [0.4, 0.5) is 0 Å². The third-order valence-electron chi connectivity index (χ3n) is 3.30. The largest absolute Gasteiger partial charge is 0.0614 e. The van der Waals surface area contributed by atoms with Crippen molar-refractivity contribution in [3.8, 4) is 11.1 Å². The van der Waals surface area contributed by atoms with Gasteiger partial charge in [-0.05, 0) is 49.4 Å². The van der Waals surface area contributed by atoms with Gasteiger partial charge in [0.2, 0.25) is 0 Å². The molecular formula is C17H20. The van der Waals surface area contributed by atoms with Crippen LogP contribution >= 0.6 is 0 Å². The first kappa shape index (κ1) is 11.9. The molecular weight excluding hydrogens is 204 g/mol. The van der Waals surface area contributed by atoms with Crippen molar-refractivity contribution in [2.75, 3.05) is 0 Å². The monoisotopic (exact) mass is 224 g/mol. The van der Waals surface area contributed by atoms with Crippen molar-refractivity contribution in [3.05, 3.63) is 58.7 Å². The smallest absolute Gasteiger partial charge is 0.0147 e. The van der Waals surface area contributed by atoms with Gasteiger partial charge in [-0.2, -0.15) is 0 Å². The van der Waals surface area contributed by atoms with Crippen molar-refractivity contribution in [2.45, 2.75) is 34.1 Å². The van der Waals surface area contributed by atoms with Crippen LogP contribution in [0.5, 0.6) is 0 Å². The first-order valence-corrected chi connectivity index (χ1v) is 6.29. The molecule has 0 saturated heterocycles. The van der Waals surface area contributed by atoms with E-state index in [1.165, 1.54) is 33.4 Å². The van der Waals surface area contributed by atoms with E-state index in [1.54, 1.807) is 0 Å². The highest BCUT2D eigenvalue weighted by atomic mass is 14.1. The first-order chi connectivity index (χ1) is 8.11. The highest BCUT2D eigenvalue weighted by molar-refractivity contribution is 5.70. The van der Waals surface area contributed by atoms with Crippen molar-refractivity contribution >= 4 is 0 Å². The maximum absolute atomic E-state index is 2.31. The standard InChI is InChI=1S/C17H20/c1-5-16-14(4)9-13(3)11-17(16)15-8-6-7-12(2)10-15/h6-11H,5H2,1-4H3. The molecule has 0 heterocycles. The summed E-state index contributed by atoms with van der Waals surface area (Å²) < 4.78 is 0. The van der Waals surface area contributed by atoms with E-state index >= 15 is 0 Å². The minimum Gasteiger partial charge on any atom is -0.0614 e. The van der Waals surface area contributed by atoms with E-state index in [0.29, 0.717) is 0 Å². The number of benzene rings is 2. The molecule has 0 atom stereocenters. The second-order valence-electron chi connectivity index (χ2n) is 4.83. The highest BCUT2D eigenvalue weighted by Gasteiger charge is 2.07. The lowest BCUT2D eigenvalue weighted by atomic mass is 9.92. The van der Waals surface area contributed by atoms with Crippen LogP contribution in [0.1, 0.15) is 29.2 Å². The van der Waals surface area contributed by atoms with Crippen LogP contribution in [0.3, 0.4) is 0 Å². The molecule has 0 aliphatic rings. The molecule has 0 aromatic heterocycles. The van der Waals surface area contributed by atoms with Crippen LogP contribution in [-0.2, 0) is 6.42 Å². The Morgan fingerprint density at radius 2 is 1.65 bits per heavy atom. The molecule has 0 radical (unpaired) electrons. The highest BCUT2D eigenvalue weighted by Crippen LogP contribution is 2.28. The predicted octanol–water partition coefficient (Wildman–Crippen LogP) is 4.84. The van der Waals surface area contributed by atoms with Crippen molar-refractivity contribution in [1.29, 1.82) is 0 Å². The lowest BCUT2D eigenvalue weighted by Gasteiger charge is -2.13. The zero-order chi connectivity index (χ0) is 12.4. The summed E-state index contributed by atoms with van der Waals surface area (Å²) in [6.07, 6.45) is 1.09. The van der Waals surface area contributed by atoms with Gasteiger partial charge in [-0.25, -0.2) is 0 Å². The van der Waals surface area contributed by atoms with Crippen molar-refractivity contribution in [2.24, 2.45) is 0 Å². The Morgan fingerprint density at radius 1 is 0.882 bits per heavy atom. The Balaban J connectivity index is 2.65. The molecule has 2 aromatic rings. The average molecular weight is 224 g/mol. The average Bonchev–Trinajstić information content (AvgIpc) is 2.28. The van der Waals surface area contributed by atoms with Crippen LogP contribution in [0, 0.1) is 20.8 Å². The fourth-order valence-electron chi connectivity index (χ4n) is 2.54. The van der Waals surface area contributed by atoms with Gasteiger partial charge in [0.15, 0.2) is 0 Å². The molecule has 0 fully saturated rings. The van der Waals surface area contributed by atoms with Crippen LogP contribution in [0.15, 0.2) is 36.4 Å². The molecule has 88 valence electrons. The molecule has 0 spiro atoms. The van der Waals surface area contributed by atoms with Gasteiger partial charge >= 0.3 is 0 Å². The van der Waals surface area contributed by atoms with E-state index in [0.717, 1.165) is 6.42 Å². The lowest BCUT2D eigenvalue weighted by molar-refractivity contribution is 1.11. The summed E-state index contributed by atoms with van der Waals surface area (Å²) in [6, 6.07) is 13.4. The SMILES string of the molecule is CCc1c(C)cc(C)cc1-c1cccc(C)c1. The Labute approximate surface area is 104 Å². The van der Waals surface area contributed by atoms with Gasteiger partial charge in [0.1, 0.15) is 0 Å². The van der Waals surface area contributed by atoms with E-state index in [9.17, 15) is 0 Å². The molecule has 0 bridgehead atoms. The van der Waals surface area contributed by atoms with Gasteiger partial charge in [0.25, 0.3) is 0 Å². The molecule has 0 heteroatoms. The maximum atomic E-state index is 2.31. The third-order valence-corrected chi connectivity index (χ3v) is 3.30. The molecule has 0 N–H and O–H groups in total. The number of hydrogen-bond acceptors (Lipinski definition) is 0. The van der Waals surface area contributed by atoms with Crippen LogP contribution < -0.4 is 0 Å². The molecule has 2 rings (SSSR count). The number of aryl methyl sites for hydroxylation is 3. The lowest BCUT2D eigenvalue weighted by Crippen LogP contribution is -1.94.